The van der Waals surface area contributed by atoms with E-state index in [4.69, 9.17) is 0 Å². The van der Waals surface area contributed by atoms with Crippen molar-refractivity contribution in [3.63, 3.8) is 0 Å². The van der Waals surface area contributed by atoms with E-state index in [0.717, 1.165) is 12.1 Å². The number of nitro benzene ring substituents is 1. The summed E-state index contributed by atoms with van der Waals surface area (Å²) in [6, 6.07) is 5.07. The van der Waals surface area contributed by atoms with Crippen LogP contribution >= 0.6 is 0 Å². The van der Waals surface area contributed by atoms with Crippen molar-refractivity contribution < 1.29 is 18.1 Å². The number of sulfone groups is 1. The lowest BCUT2D eigenvalue weighted by atomic mass is 10.3. The maximum atomic E-state index is 12.3. The van der Waals surface area contributed by atoms with E-state index in [-0.39, 0.29) is 0 Å². The Kier molecular flexibility index (Phi) is 4.77. The van der Waals surface area contributed by atoms with Crippen LogP contribution in [0.4, 0.5) is 5.69 Å². The molecular weight excluding hydrogens is 310 g/mol. The second-order valence-electron chi connectivity index (χ2n) is 5.17. The SMILES string of the molecule is CN1CCN(C(=O)CS(=O)(=O)c2ccccc2[N+](=O)[O-])CC1. The summed E-state index contributed by atoms with van der Waals surface area (Å²) in [5.74, 6) is -1.27. The minimum absolute atomic E-state index is 0.414. The number of carbonyl (C=O) groups excluding carboxylic acids is 1. The van der Waals surface area contributed by atoms with Crippen molar-refractivity contribution in [3.05, 3.63) is 34.4 Å². The number of amides is 1. The molecule has 9 heteroatoms. The van der Waals surface area contributed by atoms with Crippen LogP contribution in [0.2, 0.25) is 0 Å². The lowest BCUT2D eigenvalue weighted by Gasteiger charge is -2.32. The fraction of sp³-hybridized carbons (Fsp3) is 0.462. The zero-order valence-electron chi connectivity index (χ0n) is 12.1. The van der Waals surface area contributed by atoms with Crippen LogP contribution in [0.1, 0.15) is 0 Å². The molecule has 0 saturated carbocycles. The van der Waals surface area contributed by atoms with Crippen molar-refractivity contribution in [1.82, 2.24) is 9.80 Å². The maximum Gasteiger partial charge on any atom is 0.287 e. The first-order valence-corrected chi connectivity index (χ1v) is 8.39. The topological polar surface area (TPSA) is 101 Å². The molecule has 1 fully saturated rings. The number of carbonyl (C=O) groups is 1. The lowest BCUT2D eigenvalue weighted by molar-refractivity contribution is -0.387. The Morgan fingerprint density at radius 2 is 1.82 bits per heavy atom. The number of nitrogens with zero attached hydrogens (tertiary/aromatic N) is 3. The zero-order chi connectivity index (χ0) is 16.3. The fourth-order valence-electron chi connectivity index (χ4n) is 2.26. The Morgan fingerprint density at radius 3 is 2.41 bits per heavy atom. The van der Waals surface area contributed by atoms with E-state index in [1.165, 1.54) is 17.0 Å². The van der Waals surface area contributed by atoms with E-state index in [2.05, 4.69) is 0 Å². The van der Waals surface area contributed by atoms with Gasteiger partial charge in [0.25, 0.3) is 5.69 Å². The number of hydrogen-bond acceptors (Lipinski definition) is 6. The van der Waals surface area contributed by atoms with Gasteiger partial charge in [-0.2, -0.15) is 0 Å². The molecule has 0 aromatic heterocycles. The van der Waals surface area contributed by atoms with Gasteiger partial charge in [0.2, 0.25) is 5.91 Å². The molecule has 1 amide bonds. The van der Waals surface area contributed by atoms with Gasteiger partial charge in [-0.05, 0) is 13.1 Å². The van der Waals surface area contributed by atoms with Gasteiger partial charge in [-0.3, -0.25) is 14.9 Å². The number of benzene rings is 1. The van der Waals surface area contributed by atoms with E-state index in [0.29, 0.717) is 26.2 Å². The van der Waals surface area contributed by atoms with E-state index in [1.54, 1.807) is 0 Å². The summed E-state index contributed by atoms with van der Waals surface area (Å²) in [7, 11) is -2.12. The van der Waals surface area contributed by atoms with E-state index in [1.807, 2.05) is 11.9 Å². The van der Waals surface area contributed by atoms with Crippen LogP contribution < -0.4 is 0 Å². The van der Waals surface area contributed by atoms with E-state index >= 15 is 0 Å². The van der Waals surface area contributed by atoms with Gasteiger partial charge in [-0.25, -0.2) is 8.42 Å². The first kappa shape index (κ1) is 16.4. The normalized spacial score (nSPS) is 16.5. The first-order valence-electron chi connectivity index (χ1n) is 6.74. The average molecular weight is 327 g/mol. The molecule has 0 atom stereocenters. The highest BCUT2D eigenvalue weighted by atomic mass is 32.2. The molecule has 1 aliphatic rings. The van der Waals surface area contributed by atoms with Crippen LogP contribution in [0, 0.1) is 10.1 Å². The van der Waals surface area contributed by atoms with Crippen LogP contribution in [0.15, 0.2) is 29.2 Å². The monoisotopic (exact) mass is 327 g/mol. The molecule has 1 saturated heterocycles. The third kappa shape index (κ3) is 3.60. The van der Waals surface area contributed by atoms with Gasteiger partial charge in [0.05, 0.1) is 4.92 Å². The van der Waals surface area contributed by atoms with Crippen molar-refractivity contribution in [2.24, 2.45) is 0 Å². The zero-order valence-corrected chi connectivity index (χ0v) is 13.0. The van der Waals surface area contributed by atoms with Gasteiger partial charge in [0.15, 0.2) is 9.84 Å². The summed E-state index contributed by atoms with van der Waals surface area (Å²) < 4.78 is 24.6. The molecule has 22 heavy (non-hydrogen) atoms. The maximum absolute atomic E-state index is 12.3. The minimum atomic E-state index is -4.04. The predicted octanol–water partition coefficient (Wildman–Crippen LogP) is 0.143. The molecule has 1 aromatic carbocycles. The van der Waals surface area contributed by atoms with Crippen molar-refractivity contribution in [2.75, 3.05) is 39.0 Å². The Morgan fingerprint density at radius 1 is 1.23 bits per heavy atom. The second kappa shape index (κ2) is 6.41. The van der Waals surface area contributed by atoms with Gasteiger partial charge in [0, 0.05) is 32.2 Å². The van der Waals surface area contributed by atoms with Gasteiger partial charge in [-0.1, -0.05) is 12.1 Å². The van der Waals surface area contributed by atoms with Gasteiger partial charge in [0.1, 0.15) is 10.6 Å². The number of nitro groups is 1. The van der Waals surface area contributed by atoms with Crippen molar-refractivity contribution in [2.45, 2.75) is 4.90 Å². The third-order valence-electron chi connectivity index (χ3n) is 3.57. The Balaban J connectivity index is 2.18. The van der Waals surface area contributed by atoms with Crippen molar-refractivity contribution in [1.29, 1.82) is 0 Å². The third-order valence-corrected chi connectivity index (χ3v) is 5.21. The van der Waals surface area contributed by atoms with Gasteiger partial charge in [-0.15, -0.1) is 0 Å². The van der Waals surface area contributed by atoms with Gasteiger partial charge < -0.3 is 9.80 Å². The second-order valence-corrected chi connectivity index (χ2v) is 7.13. The summed E-state index contributed by atoms with van der Waals surface area (Å²) >= 11 is 0. The molecule has 1 aromatic rings. The first-order chi connectivity index (χ1) is 10.3. The summed E-state index contributed by atoms with van der Waals surface area (Å²) in [5.41, 5.74) is -0.506. The van der Waals surface area contributed by atoms with Crippen LogP contribution in [0.25, 0.3) is 0 Å². The average Bonchev–Trinajstić information content (AvgIpc) is 2.47. The van der Waals surface area contributed by atoms with Crippen molar-refractivity contribution in [3.8, 4) is 0 Å². The highest BCUT2D eigenvalue weighted by Gasteiger charge is 2.30. The quantitative estimate of drug-likeness (QED) is 0.576. The van der Waals surface area contributed by atoms with E-state index < -0.39 is 37.0 Å². The van der Waals surface area contributed by atoms with Crippen LogP contribution in [-0.4, -0.2) is 68.0 Å². The predicted molar refractivity (Wildman–Crippen MR) is 79.2 cm³/mol. The molecule has 0 bridgehead atoms. The lowest BCUT2D eigenvalue weighted by Crippen LogP contribution is -2.48. The van der Waals surface area contributed by atoms with Crippen molar-refractivity contribution >= 4 is 21.4 Å². The molecule has 0 spiro atoms. The van der Waals surface area contributed by atoms with Crippen LogP contribution in [0.3, 0.4) is 0 Å². The van der Waals surface area contributed by atoms with E-state index in [9.17, 15) is 23.3 Å². The minimum Gasteiger partial charge on any atom is -0.339 e. The van der Waals surface area contributed by atoms with Crippen LogP contribution in [-0.2, 0) is 14.6 Å². The number of rotatable bonds is 4. The number of para-hydroxylation sites is 1. The Bertz CT molecular complexity index is 681. The summed E-state index contributed by atoms with van der Waals surface area (Å²) in [6.45, 7) is 2.28. The molecule has 1 aliphatic heterocycles. The van der Waals surface area contributed by atoms with Crippen LogP contribution in [0.5, 0.6) is 0 Å². The summed E-state index contributed by atoms with van der Waals surface area (Å²) in [4.78, 5) is 25.4. The molecule has 0 radical (unpaired) electrons. The molecular formula is C13H17N3O5S. The van der Waals surface area contributed by atoms with Gasteiger partial charge >= 0.3 is 0 Å². The Hall–Kier alpha value is -2.00. The summed E-state index contributed by atoms with van der Waals surface area (Å²) in [5, 5.41) is 10.9. The highest BCUT2D eigenvalue weighted by Crippen LogP contribution is 2.24. The molecule has 120 valence electrons. The standard InChI is InChI=1S/C13H17N3O5S/c1-14-6-8-15(9-7-14)13(17)10-22(20,21)12-5-3-2-4-11(12)16(18)19/h2-5H,6-10H2,1H3. The molecule has 2 rings (SSSR count). The largest absolute Gasteiger partial charge is 0.339 e. The highest BCUT2D eigenvalue weighted by molar-refractivity contribution is 7.92. The Labute approximate surface area is 128 Å². The fourth-order valence-corrected chi connectivity index (χ4v) is 3.67. The molecule has 8 nitrogen and oxygen atoms in total. The molecule has 0 unspecified atom stereocenters. The molecule has 1 heterocycles. The molecule has 0 N–H and O–H groups in total. The molecule has 0 aliphatic carbocycles. The summed E-state index contributed by atoms with van der Waals surface area (Å²) in [6.07, 6.45) is 0. The number of likely N-dealkylation sites (N-methyl/N-ethyl adjacent to an activating group) is 1. The number of piperazine rings is 1. The smallest absolute Gasteiger partial charge is 0.287 e. The number of hydrogen-bond donors (Lipinski definition) is 0.